The monoisotopic (exact) mass is 506 g/mol. The van der Waals surface area contributed by atoms with Gasteiger partial charge in [-0.1, -0.05) is 18.2 Å². The molecule has 0 spiro atoms. The summed E-state index contributed by atoms with van der Waals surface area (Å²) < 4.78 is 35.4. The lowest BCUT2D eigenvalue weighted by molar-refractivity contribution is 0.247. The highest BCUT2D eigenvalue weighted by Gasteiger charge is 2.36. The first-order valence-electron chi connectivity index (χ1n) is 12.2. The summed E-state index contributed by atoms with van der Waals surface area (Å²) in [5, 5.41) is 10.5. The Kier molecular flexibility index (Phi) is 6.89. The lowest BCUT2D eigenvalue weighted by Crippen LogP contribution is -2.42. The average molecular weight is 507 g/mol. The van der Waals surface area contributed by atoms with Gasteiger partial charge in [-0.3, -0.25) is 10.3 Å². The van der Waals surface area contributed by atoms with E-state index in [0.29, 0.717) is 49.1 Å². The highest BCUT2D eigenvalue weighted by molar-refractivity contribution is 5.90. The standard InChI is InChI=1S/C27H28F2N6O2/c1-3-37-26-17(2)25(35(33-26)21-7-5-4-6-8-21)32-27(36)31-24-16-34(22-9-10-30-14-22)15-23(24)18-11-19(28)13-20(29)12-18/h4-9,11-14,23-24H,3,10,15-16H2,1-2H3,(H2,31,32,36)/t23-,24+/m0/s1. The minimum atomic E-state index is -0.649. The molecule has 0 bridgehead atoms. The Labute approximate surface area is 213 Å². The number of benzene rings is 2. The average Bonchev–Trinajstić information content (AvgIpc) is 3.61. The van der Waals surface area contributed by atoms with Crippen LogP contribution in [0, 0.1) is 18.6 Å². The zero-order chi connectivity index (χ0) is 25.9. The number of para-hydroxylation sites is 1. The summed E-state index contributed by atoms with van der Waals surface area (Å²) >= 11 is 0. The summed E-state index contributed by atoms with van der Waals surface area (Å²) in [7, 11) is 0. The first-order valence-corrected chi connectivity index (χ1v) is 12.2. The number of nitrogens with zero attached hydrogens (tertiary/aromatic N) is 4. The molecule has 2 atom stereocenters. The van der Waals surface area contributed by atoms with Gasteiger partial charge in [0, 0.05) is 31.3 Å². The van der Waals surface area contributed by atoms with Gasteiger partial charge in [0.1, 0.15) is 17.5 Å². The van der Waals surface area contributed by atoms with Crippen LogP contribution < -0.4 is 15.4 Å². The molecule has 37 heavy (non-hydrogen) atoms. The number of nitrogens with one attached hydrogen (secondary N) is 2. The zero-order valence-corrected chi connectivity index (χ0v) is 20.6. The second-order valence-electron chi connectivity index (χ2n) is 9.00. The van der Waals surface area contributed by atoms with Crippen molar-refractivity contribution in [3.8, 4) is 11.6 Å². The highest BCUT2D eigenvalue weighted by atomic mass is 19.1. The van der Waals surface area contributed by atoms with E-state index in [2.05, 4.69) is 25.6 Å². The van der Waals surface area contributed by atoms with Gasteiger partial charge in [-0.15, -0.1) is 5.10 Å². The summed E-state index contributed by atoms with van der Waals surface area (Å²) in [6.07, 6.45) is 3.77. The number of ether oxygens (including phenoxy) is 1. The number of rotatable bonds is 7. The van der Waals surface area contributed by atoms with Crippen molar-refractivity contribution in [2.45, 2.75) is 25.8 Å². The summed E-state index contributed by atoms with van der Waals surface area (Å²) in [4.78, 5) is 19.6. The van der Waals surface area contributed by atoms with E-state index < -0.39 is 23.7 Å². The highest BCUT2D eigenvalue weighted by Crippen LogP contribution is 2.32. The fraction of sp³-hybridized carbons (Fsp3) is 0.296. The van der Waals surface area contributed by atoms with E-state index in [9.17, 15) is 13.6 Å². The van der Waals surface area contributed by atoms with Crippen LogP contribution in [0.2, 0.25) is 0 Å². The summed E-state index contributed by atoms with van der Waals surface area (Å²) in [6.45, 7) is 5.67. The SMILES string of the molecule is CCOc1nn(-c2ccccc2)c(NC(=O)N[C@@H]2CN(C3=CCN=C3)C[C@H]2c2cc(F)cc(F)c2)c1C. The minimum Gasteiger partial charge on any atom is -0.477 e. The van der Waals surface area contributed by atoms with Crippen molar-refractivity contribution in [2.75, 3.05) is 31.6 Å². The topological polar surface area (TPSA) is 83.8 Å². The minimum absolute atomic E-state index is 0.329. The van der Waals surface area contributed by atoms with Gasteiger partial charge in [-0.25, -0.2) is 18.3 Å². The lowest BCUT2D eigenvalue weighted by atomic mass is 9.94. The zero-order valence-electron chi connectivity index (χ0n) is 20.6. The molecular formula is C27H28F2N6O2. The van der Waals surface area contributed by atoms with Crippen LogP contribution in [0.3, 0.4) is 0 Å². The fourth-order valence-electron chi connectivity index (χ4n) is 4.81. The summed E-state index contributed by atoms with van der Waals surface area (Å²) in [6, 6.07) is 12.1. The number of amides is 2. The number of aromatic nitrogens is 2. The quantitative estimate of drug-likeness (QED) is 0.497. The number of likely N-dealkylation sites (tertiary alicyclic amines) is 1. The Morgan fingerprint density at radius 1 is 1.14 bits per heavy atom. The molecule has 10 heteroatoms. The Bertz CT molecular complexity index is 1330. The number of urea groups is 1. The van der Waals surface area contributed by atoms with E-state index >= 15 is 0 Å². The number of anilines is 1. The number of aliphatic imine (C=N–C) groups is 1. The van der Waals surface area contributed by atoms with E-state index in [0.717, 1.165) is 17.5 Å². The van der Waals surface area contributed by atoms with Crippen LogP contribution in [-0.2, 0) is 0 Å². The third kappa shape index (κ3) is 5.18. The molecule has 0 saturated carbocycles. The van der Waals surface area contributed by atoms with Gasteiger partial charge >= 0.3 is 6.03 Å². The Morgan fingerprint density at radius 2 is 1.89 bits per heavy atom. The van der Waals surface area contributed by atoms with Crippen molar-refractivity contribution >= 4 is 18.1 Å². The van der Waals surface area contributed by atoms with E-state index in [-0.39, 0.29) is 5.92 Å². The Balaban J connectivity index is 1.41. The van der Waals surface area contributed by atoms with Crippen LogP contribution in [0.25, 0.3) is 5.69 Å². The van der Waals surface area contributed by atoms with Gasteiger partial charge in [0.2, 0.25) is 5.88 Å². The molecule has 0 aliphatic carbocycles. The maximum absolute atomic E-state index is 14.1. The van der Waals surface area contributed by atoms with Crippen LogP contribution in [0.15, 0.2) is 65.3 Å². The molecule has 2 aliphatic rings. The number of halogens is 2. The molecule has 5 rings (SSSR count). The molecule has 1 aromatic heterocycles. The molecule has 0 radical (unpaired) electrons. The second-order valence-corrected chi connectivity index (χ2v) is 9.00. The fourth-order valence-corrected chi connectivity index (χ4v) is 4.81. The van der Waals surface area contributed by atoms with Gasteiger partial charge in [0.05, 0.1) is 36.1 Å². The third-order valence-electron chi connectivity index (χ3n) is 6.54. The van der Waals surface area contributed by atoms with E-state index in [1.165, 1.54) is 12.1 Å². The van der Waals surface area contributed by atoms with E-state index in [4.69, 9.17) is 4.74 Å². The third-order valence-corrected chi connectivity index (χ3v) is 6.54. The van der Waals surface area contributed by atoms with Crippen LogP contribution in [0.1, 0.15) is 24.0 Å². The lowest BCUT2D eigenvalue weighted by Gasteiger charge is -2.21. The number of allylic oxidation sites excluding steroid dienone is 1. The molecule has 3 aromatic rings. The molecule has 2 amide bonds. The molecule has 8 nitrogen and oxygen atoms in total. The molecule has 3 heterocycles. The Morgan fingerprint density at radius 3 is 2.57 bits per heavy atom. The van der Waals surface area contributed by atoms with Gasteiger partial charge in [-0.2, -0.15) is 0 Å². The van der Waals surface area contributed by atoms with Crippen molar-refractivity contribution in [3.05, 3.63) is 83.1 Å². The van der Waals surface area contributed by atoms with Crippen molar-refractivity contribution in [1.29, 1.82) is 0 Å². The maximum Gasteiger partial charge on any atom is 0.320 e. The number of hydrogen-bond donors (Lipinski definition) is 2. The smallest absolute Gasteiger partial charge is 0.320 e. The normalized spacial score (nSPS) is 18.7. The molecule has 2 aromatic carbocycles. The van der Waals surface area contributed by atoms with Crippen molar-refractivity contribution < 1.29 is 18.3 Å². The molecule has 2 aliphatic heterocycles. The van der Waals surface area contributed by atoms with E-state index in [1.54, 1.807) is 10.9 Å². The van der Waals surface area contributed by atoms with Crippen molar-refractivity contribution in [3.63, 3.8) is 0 Å². The summed E-state index contributed by atoms with van der Waals surface area (Å²) in [5.74, 6) is -0.728. The molecule has 1 fully saturated rings. The largest absolute Gasteiger partial charge is 0.477 e. The van der Waals surface area contributed by atoms with E-state index in [1.807, 2.05) is 50.3 Å². The predicted molar refractivity (Wildman–Crippen MR) is 138 cm³/mol. The van der Waals surface area contributed by atoms with Crippen molar-refractivity contribution in [1.82, 2.24) is 20.0 Å². The number of hydrogen-bond acceptors (Lipinski definition) is 5. The molecule has 192 valence electrons. The van der Waals surface area contributed by atoms with Crippen LogP contribution in [0.4, 0.5) is 19.4 Å². The van der Waals surface area contributed by atoms with Gasteiger partial charge < -0.3 is 15.0 Å². The molecule has 0 unspecified atom stereocenters. The van der Waals surface area contributed by atoms with Crippen LogP contribution in [0.5, 0.6) is 5.88 Å². The maximum atomic E-state index is 14.1. The second kappa shape index (κ2) is 10.4. The van der Waals surface area contributed by atoms with Crippen LogP contribution >= 0.6 is 0 Å². The van der Waals surface area contributed by atoms with Gasteiger partial charge in [-0.05, 0) is 49.8 Å². The molecule has 2 N–H and O–H groups in total. The van der Waals surface area contributed by atoms with Gasteiger partial charge in [0.15, 0.2) is 0 Å². The summed E-state index contributed by atoms with van der Waals surface area (Å²) in [5.41, 5.74) is 2.88. The van der Waals surface area contributed by atoms with Crippen molar-refractivity contribution in [2.24, 2.45) is 4.99 Å². The molecule has 1 saturated heterocycles. The Hall–Kier alpha value is -4.21. The number of carbonyl (C=O) groups excluding carboxylic acids is 1. The molecular weight excluding hydrogens is 478 g/mol. The van der Waals surface area contributed by atoms with Gasteiger partial charge in [0.25, 0.3) is 0 Å². The first-order chi connectivity index (χ1) is 17.9. The number of carbonyl (C=O) groups is 1. The predicted octanol–water partition coefficient (Wildman–Crippen LogP) is 4.42. The van der Waals surface area contributed by atoms with Crippen LogP contribution in [-0.4, -0.2) is 59.2 Å². The first kappa shape index (κ1) is 24.5.